The van der Waals surface area contributed by atoms with Crippen molar-refractivity contribution in [2.24, 2.45) is 0 Å². The summed E-state index contributed by atoms with van der Waals surface area (Å²) >= 11 is 1.57. The number of aryl methyl sites for hydroxylation is 1. The molecule has 106 valence electrons. The third-order valence-corrected chi connectivity index (χ3v) is 4.06. The Balaban J connectivity index is 1.56. The molecule has 21 heavy (non-hydrogen) atoms. The van der Waals surface area contributed by atoms with Crippen LogP contribution >= 0.6 is 11.3 Å². The van der Waals surface area contributed by atoms with Gasteiger partial charge >= 0.3 is 0 Å². The summed E-state index contributed by atoms with van der Waals surface area (Å²) < 4.78 is 5.23. The van der Waals surface area contributed by atoms with E-state index in [0.29, 0.717) is 17.9 Å². The Kier molecular flexibility index (Phi) is 4.21. The Hall–Kier alpha value is -2.27. The fraction of sp³-hybridized carbons (Fsp3) is 0.188. The molecular weight excluding hydrogens is 284 g/mol. The van der Waals surface area contributed by atoms with Gasteiger partial charge in [-0.1, -0.05) is 11.2 Å². The number of hydrogen-bond donors (Lipinski definition) is 0. The molecule has 0 unspecified atom stereocenters. The maximum atomic E-state index is 12.1. The highest BCUT2D eigenvalue weighted by Crippen LogP contribution is 2.25. The number of hydrogen-bond acceptors (Lipinski definition) is 5. The van der Waals surface area contributed by atoms with Crippen LogP contribution < -0.4 is 0 Å². The van der Waals surface area contributed by atoms with Crippen molar-refractivity contribution in [1.82, 2.24) is 10.1 Å². The maximum absolute atomic E-state index is 12.1. The van der Waals surface area contributed by atoms with Gasteiger partial charge in [0.15, 0.2) is 11.5 Å². The van der Waals surface area contributed by atoms with Gasteiger partial charge in [0, 0.05) is 24.9 Å². The zero-order valence-corrected chi connectivity index (χ0v) is 12.2. The molecule has 0 bridgehead atoms. The second-order valence-electron chi connectivity index (χ2n) is 4.69. The van der Waals surface area contributed by atoms with E-state index < -0.39 is 0 Å². The Bertz CT molecular complexity index is 705. The van der Waals surface area contributed by atoms with Gasteiger partial charge in [0.25, 0.3) is 0 Å². The van der Waals surface area contributed by atoms with Gasteiger partial charge in [0.2, 0.25) is 0 Å². The number of carbonyl (C=O) groups is 1. The van der Waals surface area contributed by atoms with Crippen molar-refractivity contribution in [3.8, 4) is 10.6 Å². The molecule has 0 fully saturated rings. The summed E-state index contributed by atoms with van der Waals surface area (Å²) in [7, 11) is 0. The molecule has 3 aromatic heterocycles. The minimum Gasteiger partial charge on any atom is -0.355 e. The highest BCUT2D eigenvalue weighted by Gasteiger charge is 2.13. The number of nitrogens with zero attached hydrogens (tertiary/aromatic N) is 2. The first-order valence-corrected chi connectivity index (χ1v) is 7.63. The van der Waals surface area contributed by atoms with Crippen LogP contribution in [0.3, 0.4) is 0 Å². The summed E-state index contributed by atoms with van der Waals surface area (Å²) in [5.41, 5.74) is 1.60. The number of aromatic nitrogens is 2. The quantitative estimate of drug-likeness (QED) is 0.645. The average Bonchev–Trinajstić information content (AvgIpc) is 3.19. The van der Waals surface area contributed by atoms with Crippen molar-refractivity contribution in [1.29, 1.82) is 0 Å². The maximum Gasteiger partial charge on any atom is 0.184 e. The lowest BCUT2D eigenvalue weighted by Crippen LogP contribution is -2.00. The summed E-state index contributed by atoms with van der Waals surface area (Å²) in [6.45, 7) is 0. The van der Waals surface area contributed by atoms with Crippen molar-refractivity contribution in [2.45, 2.75) is 19.3 Å². The standard InChI is InChI=1S/C16H14N2O2S/c19-14(4-1-3-12-6-8-17-9-7-12)13-11-15(20-18-13)16-5-2-10-21-16/h2,5-11H,1,3-4H2. The number of thiophene rings is 1. The molecular formula is C16H14N2O2S. The van der Waals surface area contributed by atoms with E-state index in [9.17, 15) is 4.79 Å². The minimum atomic E-state index is 0.0237. The Morgan fingerprint density at radius 3 is 2.86 bits per heavy atom. The molecule has 4 nitrogen and oxygen atoms in total. The van der Waals surface area contributed by atoms with Crippen LogP contribution in [0.1, 0.15) is 28.9 Å². The molecule has 0 atom stereocenters. The van der Waals surface area contributed by atoms with E-state index in [1.54, 1.807) is 29.8 Å². The molecule has 0 N–H and O–H groups in total. The van der Waals surface area contributed by atoms with Gasteiger partial charge in [0.1, 0.15) is 5.69 Å². The molecule has 0 saturated heterocycles. The molecule has 0 aliphatic rings. The topological polar surface area (TPSA) is 56.0 Å². The highest BCUT2D eigenvalue weighted by atomic mass is 32.1. The van der Waals surface area contributed by atoms with Gasteiger partial charge in [-0.15, -0.1) is 11.3 Å². The Labute approximate surface area is 126 Å². The Morgan fingerprint density at radius 2 is 2.10 bits per heavy atom. The van der Waals surface area contributed by atoms with Gasteiger partial charge in [0.05, 0.1) is 4.88 Å². The normalized spacial score (nSPS) is 10.7. The van der Waals surface area contributed by atoms with E-state index in [2.05, 4.69) is 10.1 Å². The lowest BCUT2D eigenvalue weighted by Gasteiger charge is -1.99. The summed E-state index contributed by atoms with van der Waals surface area (Å²) in [6, 6.07) is 9.55. The second kappa shape index (κ2) is 6.45. The van der Waals surface area contributed by atoms with Crippen LogP contribution in [0.5, 0.6) is 0 Å². The third kappa shape index (κ3) is 3.44. The fourth-order valence-corrected chi connectivity index (χ4v) is 2.75. The zero-order valence-electron chi connectivity index (χ0n) is 11.4. The van der Waals surface area contributed by atoms with Crippen LogP contribution in [-0.4, -0.2) is 15.9 Å². The first-order chi connectivity index (χ1) is 10.3. The van der Waals surface area contributed by atoms with Gasteiger partial charge in [-0.3, -0.25) is 9.78 Å². The van der Waals surface area contributed by atoms with Crippen molar-refractivity contribution in [3.63, 3.8) is 0 Å². The average molecular weight is 298 g/mol. The van der Waals surface area contributed by atoms with E-state index in [4.69, 9.17) is 4.52 Å². The number of rotatable bonds is 6. The molecule has 3 aromatic rings. The largest absolute Gasteiger partial charge is 0.355 e. The van der Waals surface area contributed by atoms with Crippen LogP contribution in [0.2, 0.25) is 0 Å². The zero-order chi connectivity index (χ0) is 14.5. The number of ketones is 1. The lowest BCUT2D eigenvalue weighted by molar-refractivity contribution is 0.0971. The first-order valence-electron chi connectivity index (χ1n) is 6.75. The first kappa shape index (κ1) is 13.7. The fourth-order valence-electron chi connectivity index (χ4n) is 2.07. The number of pyridine rings is 1. The smallest absolute Gasteiger partial charge is 0.184 e. The molecule has 0 aliphatic heterocycles. The molecule has 3 heterocycles. The molecule has 3 rings (SSSR count). The second-order valence-corrected chi connectivity index (χ2v) is 5.63. The van der Waals surface area contributed by atoms with Crippen LogP contribution in [-0.2, 0) is 6.42 Å². The van der Waals surface area contributed by atoms with Gasteiger partial charge < -0.3 is 4.52 Å². The number of Topliss-reactive ketones (excluding diaryl/α,β-unsaturated/α-hetero) is 1. The highest BCUT2D eigenvalue weighted by molar-refractivity contribution is 7.13. The van der Waals surface area contributed by atoms with E-state index in [-0.39, 0.29) is 5.78 Å². The van der Waals surface area contributed by atoms with Gasteiger partial charge in [-0.25, -0.2) is 0 Å². The molecule has 0 amide bonds. The van der Waals surface area contributed by atoms with Crippen molar-refractivity contribution in [3.05, 3.63) is 59.4 Å². The van der Waals surface area contributed by atoms with Crippen molar-refractivity contribution >= 4 is 17.1 Å². The molecule has 5 heteroatoms. The lowest BCUT2D eigenvalue weighted by atomic mass is 10.1. The van der Waals surface area contributed by atoms with Crippen LogP contribution in [0.15, 0.2) is 52.6 Å². The van der Waals surface area contributed by atoms with Gasteiger partial charge in [-0.05, 0) is 42.0 Å². The Morgan fingerprint density at radius 1 is 1.24 bits per heavy atom. The van der Waals surface area contributed by atoms with Crippen molar-refractivity contribution in [2.75, 3.05) is 0 Å². The van der Waals surface area contributed by atoms with E-state index in [0.717, 1.165) is 17.7 Å². The number of carbonyl (C=O) groups excluding carboxylic acids is 1. The third-order valence-electron chi connectivity index (χ3n) is 3.18. The predicted molar refractivity (Wildman–Crippen MR) is 81.3 cm³/mol. The van der Waals surface area contributed by atoms with E-state index >= 15 is 0 Å². The summed E-state index contributed by atoms with van der Waals surface area (Å²) in [6.07, 6.45) is 5.66. The van der Waals surface area contributed by atoms with Crippen LogP contribution in [0.25, 0.3) is 10.6 Å². The summed E-state index contributed by atoms with van der Waals surface area (Å²) in [4.78, 5) is 17.0. The predicted octanol–water partition coefficient (Wildman–Crippen LogP) is 4.00. The summed E-state index contributed by atoms with van der Waals surface area (Å²) in [5, 5.41) is 5.84. The molecule has 0 radical (unpaired) electrons. The summed E-state index contributed by atoms with van der Waals surface area (Å²) in [5.74, 6) is 0.679. The SMILES string of the molecule is O=C(CCCc1ccncc1)c1cc(-c2cccs2)on1. The van der Waals surface area contributed by atoms with Gasteiger partial charge in [-0.2, -0.15) is 0 Å². The monoisotopic (exact) mass is 298 g/mol. The molecule has 0 saturated carbocycles. The molecule has 0 spiro atoms. The molecule has 0 aromatic carbocycles. The van der Waals surface area contributed by atoms with Crippen LogP contribution in [0, 0.1) is 0 Å². The van der Waals surface area contributed by atoms with E-state index in [1.807, 2.05) is 29.6 Å². The van der Waals surface area contributed by atoms with Crippen LogP contribution in [0.4, 0.5) is 0 Å². The molecule has 0 aliphatic carbocycles. The van der Waals surface area contributed by atoms with E-state index in [1.165, 1.54) is 5.56 Å². The minimum absolute atomic E-state index is 0.0237. The van der Waals surface area contributed by atoms with Crippen molar-refractivity contribution < 1.29 is 9.32 Å².